The number of carbonyl (C=O) groups excluding carboxylic acids is 1. The fraction of sp³-hybridized carbons (Fsp3) is 0.238. The van der Waals surface area contributed by atoms with Gasteiger partial charge in [0.2, 0.25) is 5.91 Å². The molecule has 4 heteroatoms. The standard InChI is InChI=1S/C21H21N3O/c25-21(16-18-8-5-7-17-6-1-2-9-19(17)18)24-14-12-23(13-15-24)20-10-3-4-11-22-20/h1-11H,12-16H2/p+1. The van der Waals surface area contributed by atoms with Crippen molar-refractivity contribution in [2.24, 2.45) is 0 Å². The third kappa shape index (κ3) is 3.33. The highest BCUT2D eigenvalue weighted by Crippen LogP contribution is 2.20. The van der Waals surface area contributed by atoms with Crippen molar-refractivity contribution in [1.82, 2.24) is 4.90 Å². The van der Waals surface area contributed by atoms with Gasteiger partial charge >= 0.3 is 0 Å². The lowest BCUT2D eigenvalue weighted by atomic mass is 10.0. The minimum absolute atomic E-state index is 0.216. The Labute approximate surface area is 147 Å². The molecule has 0 atom stereocenters. The monoisotopic (exact) mass is 332 g/mol. The van der Waals surface area contributed by atoms with E-state index < -0.39 is 0 Å². The Morgan fingerprint density at radius 1 is 0.880 bits per heavy atom. The zero-order valence-corrected chi connectivity index (χ0v) is 14.2. The number of hydrogen-bond donors (Lipinski definition) is 0. The number of aromatic amines is 1. The summed E-state index contributed by atoms with van der Waals surface area (Å²) in [6, 6.07) is 20.5. The lowest BCUT2D eigenvalue weighted by Crippen LogP contribution is -2.50. The molecular formula is C21H22N3O+. The van der Waals surface area contributed by atoms with Crippen LogP contribution in [0.2, 0.25) is 0 Å². The summed E-state index contributed by atoms with van der Waals surface area (Å²) in [4.78, 5) is 20.3. The van der Waals surface area contributed by atoms with Crippen LogP contribution < -0.4 is 9.88 Å². The van der Waals surface area contributed by atoms with E-state index in [-0.39, 0.29) is 5.91 Å². The zero-order valence-electron chi connectivity index (χ0n) is 14.2. The maximum Gasteiger partial charge on any atom is 0.274 e. The normalized spacial score (nSPS) is 14.7. The molecule has 1 fully saturated rings. The van der Waals surface area contributed by atoms with E-state index in [4.69, 9.17) is 0 Å². The third-order valence-corrected chi connectivity index (χ3v) is 4.89. The lowest BCUT2D eigenvalue weighted by molar-refractivity contribution is -0.364. The van der Waals surface area contributed by atoms with Crippen molar-refractivity contribution in [3.63, 3.8) is 0 Å². The molecule has 2 heterocycles. The minimum Gasteiger partial charge on any atom is -0.335 e. The van der Waals surface area contributed by atoms with E-state index in [0.29, 0.717) is 6.42 Å². The topological polar surface area (TPSA) is 37.7 Å². The van der Waals surface area contributed by atoms with Gasteiger partial charge in [0.1, 0.15) is 13.1 Å². The number of fused-ring (bicyclic) bond motifs is 1. The van der Waals surface area contributed by atoms with Gasteiger partial charge in [-0.25, -0.2) is 4.98 Å². The van der Waals surface area contributed by atoms with Gasteiger partial charge in [0, 0.05) is 6.07 Å². The van der Waals surface area contributed by atoms with Gasteiger partial charge in [-0.1, -0.05) is 48.5 Å². The molecule has 0 aliphatic carbocycles. The summed E-state index contributed by atoms with van der Waals surface area (Å²) >= 11 is 0. The van der Waals surface area contributed by atoms with E-state index in [2.05, 4.69) is 40.2 Å². The number of piperazine rings is 1. The Morgan fingerprint density at radius 3 is 2.44 bits per heavy atom. The van der Waals surface area contributed by atoms with Crippen LogP contribution in [-0.2, 0) is 11.2 Å². The third-order valence-electron chi connectivity index (χ3n) is 4.89. The number of anilines is 1. The molecule has 0 radical (unpaired) electrons. The number of hydrogen-bond acceptors (Lipinski definition) is 2. The number of pyridine rings is 1. The first-order valence-corrected chi connectivity index (χ1v) is 8.77. The molecule has 25 heavy (non-hydrogen) atoms. The number of amides is 1. The zero-order chi connectivity index (χ0) is 17.1. The van der Waals surface area contributed by atoms with Crippen LogP contribution in [0.15, 0.2) is 66.9 Å². The second-order valence-electron chi connectivity index (χ2n) is 6.43. The second kappa shape index (κ2) is 6.93. The molecule has 0 saturated carbocycles. The molecule has 4 nitrogen and oxygen atoms in total. The number of nitrogens with one attached hydrogen (secondary N) is 1. The largest absolute Gasteiger partial charge is 0.335 e. The smallest absolute Gasteiger partial charge is 0.274 e. The number of H-pyrrole nitrogens is 1. The number of aromatic nitrogens is 1. The highest BCUT2D eigenvalue weighted by molar-refractivity contribution is 5.90. The molecule has 1 aromatic heterocycles. The molecule has 1 amide bonds. The van der Waals surface area contributed by atoms with E-state index >= 15 is 0 Å². The molecule has 2 aromatic carbocycles. The Morgan fingerprint density at radius 2 is 1.64 bits per heavy atom. The molecule has 0 unspecified atom stereocenters. The van der Waals surface area contributed by atoms with Crippen molar-refractivity contribution in [2.75, 3.05) is 31.1 Å². The molecule has 0 bridgehead atoms. The highest BCUT2D eigenvalue weighted by atomic mass is 16.2. The first-order chi connectivity index (χ1) is 12.3. The van der Waals surface area contributed by atoms with Crippen LogP contribution in [0.25, 0.3) is 10.8 Å². The van der Waals surface area contributed by atoms with Crippen molar-refractivity contribution >= 4 is 22.5 Å². The number of rotatable bonds is 3. The summed E-state index contributed by atoms with van der Waals surface area (Å²) in [6.07, 6.45) is 2.41. The number of nitrogens with zero attached hydrogens (tertiary/aromatic N) is 2. The van der Waals surface area contributed by atoms with Crippen LogP contribution in [0.3, 0.4) is 0 Å². The highest BCUT2D eigenvalue weighted by Gasteiger charge is 2.26. The van der Waals surface area contributed by atoms with E-state index in [1.807, 2.05) is 41.4 Å². The van der Waals surface area contributed by atoms with Crippen molar-refractivity contribution in [3.05, 3.63) is 72.4 Å². The predicted octanol–water partition coefficient (Wildman–Crippen LogP) is 2.55. The molecular weight excluding hydrogens is 310 g/mol. The second-order valence-corrected chi connectivity index (χ2v) is 6.43. The summed E-state index contributed by atoms with van der Waals surface area (Å²) in [6.45, 7) is 3.27. The minimum atomic E-state index is 0.216. The van der Waals surface area contributed by atoms with Crippen molar-refractivity contribution in [2.45, 2.75) is 6.42 Å². The van der Waals surface area contributed by atoms with Gasteiger partial charge in [-0.3, -0.25) is 9.69 Å². The number of benzene rings is 2. The Hall–Kier alpha value is -2.88. The lowest BCUT2D eigenvalue weighted by Gasteiger charge is -2.31. The molecule has 1 aliphatic heterocycles. The Balaban J connectivity index is 1.42. The predicted molar refractivity (Wildman–Crippen MR) is 99.4 cm³/mol. The SMILES string of the molecule is O=C(Cc1cccc2ccccc12)N1CCN(c2cccc[nH+]2)CC1. The number of carbonyl (C=O) groups is 1. The average molecular weight is 332 g/mol. The van der Waals surface area contributed by atoms with Gasteiger partial charge < -0.3 is 4.90 Å². The first-order valence-electron chi connectivity index (χ1n) is 8.77. The van der Waals surface area contributed by atoms with Crippen molar-refractivity contribution in [1.29, 1.82) is 0 Å². The molecule has 3 aromatic rings. The summed E-state index contributed by atoms with van der Waals surface area (Å²) in [5, 5.41) is 2.37. The summed E-state index contributed by atoms with van der Waals surface area (Å²) < 4.78 is 0. The van der Waals surface area contributed by atoms with E-state index in [1.165, 1.54) is 10.8 Å². The van der Waals surface area contributed by atoms with E-state index in [9.17, 15) is 4.79 Å². The van der Waals surface area contributed by atoms with Gasteiger partial charge in [0.05, 0.1) is 25.7 Å². The van der Waals surface area contributed by atoms with E-state index in [1.54, 1.807) is 0 Å². The van der Waals surface area contributed by atoms with Crippen LogP contribution in [0, 0.1) is 0 Å². The molecule has 0 spiro atoms. The molecule has 1 saturated heterocycles. The van der Waals surface area contributed by atoms with Crippen molar-refractivity contribution in [3.8, 4) is 0 Å². The van der Waals surface area contributed by atoms with Crippen LogP contribution >= 0.6 is 0 Å². The maximum atomic E-state index is 12.8. The van der Waals surface area contributed by atoms with Crippen LogP contribution in [0.5, 0.6) is 0 Å². The van der Waals surface area contributed by atoms with E-state index in [0.717, 1.165) is 37.6 Å². The average Bonchev–Trinajstić information content (AvgIpc) is 2.69. The molecule has 1 aliphatic rings. The van der Waals surface area contributed by atoms with Crippen LogP contribution in [0.4, 0.5) is 5.82 Å². The molecule has 4 rings (SSSR count). The van der Waals surface area contributed by atoms with Gasteiger partial charge in [-0.05, 0) is 22.4 Å². The fourth-order valence-corrected chi connectivity index (χ4v) is 3.50. The Bertz CT molecular complexity index is 865. The Kier molecular flexibility index (Phi) is 4.34. The van der Waals surface area contributed by atoms with Gasteiger partial charge in [0.15, 0.2) is 0 Å². The molecule has 126 valence electrons. The van der Waals surface area contributed by atoms with Gasteiger partial charge in [-0.15, -0.1) is 0 Å². The maximum absolute atomic E-state index is 12.8. The quantitative estimate of drug-likeness (QED) is 0.739. The van der Waals surface area contributed by atoms with Crippen molar-refractivity contribution < 1.29 is 9.78 Å². The van der Waals surface area contributed by atoms with Gasteiger partial charge in [0.25, 0.3) is 5.82 Å². The summed E-state index contributed by atoms with van der Waals surface area (Å²) in [5.74, 6) is 1.33. The van der Waals surface area contributed by atoms with Crippen LogP contribution in [-0.4, -0.2) is 37.0 Å². The first kappa shape index (κ1) is 15.6. The summed E-state index contributed by atoms with van der Waals surface area (Å²) in [7, 11) is 0. The molecule has 1 N–H and O–H groups in total. The fourth-order valence-electron chi connectivity index (χ4n) is 3.50. The van der Waals surface area contributed by atoms with Gasteiger partial charge in [-0.2, -0.15) is 0 Å². The van der Waals surface area contributed by atoms with Crippen LogP contribution in [0.1, 0.15) is 5.56 Å². The summed E-state index contributed by atoms with van der Waals surface area (Å²) in [5.41, 5.74) is 1.11.